The minimum Gasteiger partial charge on any atom is -0.303 e. The van der Waals surface area contributed by atoms with Crippen LogP contribution in [0.4, 0.5) is 5.69 Å². The maximum absolute atomic E-state index is 3.77. The fraction of sp³-hybridized carbons (Fsp3) is 0.258. The fourth-order valence-electron chi connectivity index (χ4n) is 5.06. The highest BCUT2D eigenvalue weighted by Gasteiger charge is 2.23. The number of rotatable bonds is 4. The summed E-state index contributed by atoms with van der Waals surface area (Å²) in [6, 6.07) is 23.9. The molecule has 2 heterocycles. The average molecular weight is 448 g/mol. The average Bonchev–Trinajstić information content (AvgIpc) is 3.40. The molecule has 0 saturated carbocycles. The highest BCUT2D eigenvalue weighted by molar-refractivity contribution is 5.88. The normalized spacial score (nSPS) is 14.6. The van der Waals surface area contributed by atoms with E-state index in [9.17, 15) is 0 Å². The Morgan fingerprint density at radius 2 is 1.41 bits per heavy atom. The Balaban J connectivity index is 1.91. The van der Waals surface area contributed by atoms with E-state index in [0.717, 1.165) is 11.2 Å². The summed E-state index contributed by atoms with van der Waals surface area (Å²) in [5.41, 5.74) is 11.1. The number of aryl methyl sites for hydroxylation is 2. The molecule has 3 nitrogen and oxygen atoms in total. The van der Waals surface area contributed by atoms with Gasteiger partial charge in [-0.25, -0.2) is 4.57 Å². The third-order valence-electron chi connectivity index (χ3n) is 6.77. The van der Waals surface area contributed by atoms with Crippen molar-refractivity contribution in [1.82, 2.24) is 13.7 Å². The van der Waals surface area contributed by atoms with E-state index in [4.69, 9.17) is 0 Å². The first-order chi connectivity index (χ1) is 16.4. The lowest BCUT2D eigenvalue weighted by molar-refractivity contribution is 0.695. The molecule has 0 aliphatic carbocycles. The number of nitrogens with zero attached hydrogens (tertiary/aromatic N) is 3. The van der Waals surface area contributed by atoms with E-state index in [1.807, 2.05) is 0 Å². The van der Waals surface area contributed by atoms with Crippen molar-refractivity contribution >= 4 is 11.3 Å². The Labute approximate surface area is 203 Å². The minimum atomic E-state index is 0.418. The van der Waals surface area contributed by atoms with Crippen LogP contribution in [0.25, 0.3) is 11.3 Å². The van der Waals surface area contributed by atoms with Crippen molar-refractivity contribution in [3.05, 3.63) is 119 Å². The van der Waals surface area contributed by atoms with Crippen molar-refractivity contribution < 1.29 is 0 Å². The molecule has 34 heavy (non-hydrogen) atoms. The first kappa shape index (κ1) is 22.2. The molecular formula is C31H33N3. The standard InChI is InChI=1S/C31H33N3/c1-21(2)25-15-11-16-26(22(3)4)30(25)33-19-18-32(6)31(33)34-20-28(24-13-8-7-9-14-24)27-17-10-12-23(5)29(27)34/h7-19,21-22H,1-6H3. The molecule has 4 aromatic rings. The lowest BCUT2D eigenvalue weighted by Gasteiger charge is -2.19. The van der Waals surface area contributed by atoms with Crippen LogP contribution in [0.1, 0.15) is 67.3 Å². The third kappa shape index (κ3) is 3.56. The summed E-state index contributed by atoms with van der Waals surface area (Å²) in [5, 5.41) is 0. The predicted molar refractivity (Wildman–Crippen MR) is 141 cm³/mol. The van der Waals surface area contributed by atoms with Crippen LogP contribution in [0.15, 0.2) is 79.1 Å². The number of aromatic nitrogens is 2. The number of hydrogen-bond donors (Lipinski definition) is 0. The van der Waals surface area contributed by atoms with E-state index in [1.165, 1.54) is 39.2 Å². The smallest absolute Gasteiger partial charge is 0.303 e. The van der Waals surface area contributed by atoms with E-state index in [0.29, 0.717) is 11.8 Å². The van der Waals surface area contributed by atoms with E-state index >= 15 is 0 Å². The lowest BCUT2D eigenvalue weighted by atomic mass is 9.92. The van der Waals surface area contributed by atoms with Crippen LogP contribution in [0.5, 0.6) is 0 Å². The summed E-state index contributed by atoms with van der Waals surface area (Å²) in [6.07, 6.45) is 8.12. The Morgan fingerprint density at radius 1 is 0.765 bits per heavy atom. The van der Waals surface area contributed by atoms with Gasteiger partial charge in [-0.1, -0.05) is 117 Å². The van der Waals surface area contributed by atoms with Crippen molar-refractivity contribution in [3.63, 3.8) is 0 Å². The Bertz CT molecular complexity index is 1430. The monoisotopic (exact) mass is 447 g/mol. The molecule has 0 fully saturated rings. The Kier molecular flexibility index (Phi) is 5.65. The Hall–Kier alpha value is -3.59. The molecule has 5 rings (SSSR count). The van der Waals surface area contributed by atoms with Crippen LogP contribution in [0.3, 0.4) is 0 Å². The summed E-state index contributed by atoms with van der Waals surface area (Å²) < 4.78 is 6.83. The van der Waals surface area contributed by atoms with Crippen molar-refractivity contribution in [2.75, 3.05) is 0 Å². The second-order valence-corrected chi connectivity index (χ2v) is 9.83. The molecule has 0 atom stereocenters. The first-order valence-electron chi connectivity index (χ1n) is 12.2. The van der Waals surface area contributed by atoms with Crippen LogP contribution < -0.4 is 10.2 Å². The molecule has 1 aliphatic rings. The number of para-hydroxylation sites is 2. The number of benzene rings is 3. The highest BCUT2D eigenvalue weighted by atomic mass is 15.2. The van der Waals surface area contributed by atoms with Gasteiger partial charge >= 0.3 is 5.62 Å². The molecule has 3 aromatic carbocycles. The molecule has 0 saturated heterocycles. The van der Waals surface area contributed by atoms with Gasteiger partial charge in [-0.05, 0) is 29.9 Å². The second kappa shape index (κ2) is 8.64. The minimum absolute atomic E-state index is 0.418. The molecule has 0 radical (unpaired) electrons. The fourth-order valence-corrected chi connectivity index (χ4v) is 5.06. The molecule has 0 spiro atoms. The molecule has 0 amide bonds. The van der Waals surface area contributed by atoms with Gasteiger partial charge < -0.3 is 4.58 Å². The maximum atomic E-state index is 3.77. The second-order valence-electron chi connectivity index (χ2n) is 9.83. The van der Waals surface area contributed by atoms with E-state index < -0.39 is 0 Å². The van der Waals surface area contributed by atoms with Gasteiger partial charge in [0.2, 0.25) is 0 Å². The molecular weight excluding hydrogens is 414 g/mol. The third-order valence-corrected chi connectivity index (χ3v) is 6.77. The zero-order valence-electron chi connectivity index (χ0n) is 21.0. The lowest BCUT2D eigenvalue weighted by Crippen LogP contribution is -2.35. The molecule has 1 aliphatic heterocycles. The molecule has 1 aromatic heterocycles. The molecule has 0 unspecified atom stereocenters. The van der Waals surface area contributed by atoms with Gasteiger partial charge in [0.15, 0.2) is 0 Å². The molecule has 172 valence electrons. The SMILES string of the molecule is Cc1cccc2c1[N+](=c1n(C)ccn1-c1c(C(C)C)cccc1C(C)C)[C-]=C2c1ccccc1. The highest BCUT2D eigenvalue weighted by Crippen LogP contribution is 2.38. The van der Waals surface area contributed by atoms with Gasteiger partial charge in [0.1, 0.15) is 5.69 Å². The first-order valence-corrected chi connectivity index (χ1v) is 12.2. The quantitative estimate of drug-likeness (QED) is 0.244. The summed E-state index contributed by atoms with van der Waals surface area (Å²) in [4.78, 5) is 0. The molecule has 3 heteroatoms. The maximum Gasteiger partial charge on any atom is 0.309 e. The van der Waals surface area contributed by atoms with Gasteiger partial charge in [0.05, 0.1) is 19.4 Å². The number of imidazole rings is 1. The van der Waals surface area contributed by atoms with Gasteiger partial charge in [-0.2, -0.15) is 0 Å². The summed E-state index contributed by atoms with van der Waals surface area (Å²) >= 11 is 0. The summed E-state index contributed by atoms with van der Waals surface area (Å²) in [6.45, 7) is 11.3. The van der Waals surface area contributed by atoms with Crippen LogP contribution in [-0.2, 0) is 7.05 Å². The van der Waals surface area contributed by atoms with Crippen molar-refractivity contribution in [1.29, 1.82) is 0 Å². The van der Waals surface area contributed by atoms with Gasteiger partial charge in [0, 0.05) is 11.9 Å². The largest absolute Gasteiger partial charge is 0.309 e. The van der Waals surface area contributed by atoms with Gasteiger partial charge in [-0.15, -0.1) is 0 Å². The number of fused-ring (bicyclic) bond motifs is 1. The molecule has 0 bridgehead atoms. The van der Waals surface area contributed by atoms with Crippen LogP contribution in [0, 0.1) is 13.1 Å². The molecule has 0 N–H and O–H groups in total. The zero-order valence-corrected chi connectivity index (χ0v) is 21.0. The zero-order chi connectivity index (χ0) is 24.0. The van der Waals surface area contributed by atoms with Gasteiger partial charge in [0.25, 0.3) is 0 Å². The van der Waals surface area contributed by atoms with Crippen LogP contribution in [-0.4, -0.2) is 9.13 Å². The van der Waals surface area contributed by atoms with Crippen molar-refractivity contribution in [2.24, 2.45) is 7.05 Å². The van der Waals surface area contributed by atoms with E-state index in [1.54, 1.807) is 0 Å². The van der Waals surface area contributed by atoms with Gasteiger partial charge in [-0.3, -0.25) is 4.57 Å². The van der Waals surface area contributed by atoms with E-state index in [-0.39, 0.29) is 0 Å². The summed E-state index contributed by atoms with van der Waals surface area (Å²) in [5.74, 6) is 0.836. The topological polar surface area (TPSA) is 12.9 Å². The van der Waals surface area contributed by atoms with Crippen molar-refractivity contribution in [2.45, 2.75) is 46.5 Å². The van der Waals surface area contributed by atoms with Crippen LogP contribution >= 0.6 is 0 Å². The van der Waals surface area contributed by atoms with E-state index in [2.05, 4.69) is 141 Å². The predicted octanol–water partition coefficient (Wildman–Crippen LogP) is 6.68. The summed E-state index contributed by atoms with van der Waals surface area (Å²) in [7, 11) is 2.12. The number of hydrogen-bond acceptors (Lipinski definition) is 0. The van der Waals surface area contributed by atoms with Crippen molar-refractivity contribution in [3.8, 4) is 5.69 Å². The Morgan fingerprint density at radius 3 is 2.06 bits per heavy atom. The van der Waals surface area contributed by atoms with Crippen LogP contribution in [0.2, 0.25) is 0 Å².